The standard InChI is InChI=1S/C28H20FNO4/c1-34-27(33)24-23(17-10-13-18(29)14-11-17)28(25(31)19-7-3-4-8-20(19)26(28)32)22-15-12-16-6-2-5-9-21(16)30(22)24/h2-15,22-24H,1H3/t22-,23+,24-/m0/s1. The van der Waals surface area contributed by atoms with Crippen molar-refractivity contribution in [1.29, 1.82) is 0 Å². The molecule has 0 saturated carbocycles. The first-order chi connectivity index (χ1) is 16.5. The molecule has 0 unspecified atom stereocenters. The third kappa shape index (κ3) is 2.45. The molecular weight excluding hydrogens is 433 g/mol. The van der Waals surface area contributed by atoms with E-state index in [2.05, 4.69) is 0 Å². The lowest BCUT2D eigenvalue weighted by Crippen LogP contribution is -2.48. The van der Waals surface area contributed by atoms with E-state index in [0.29, 0.717) is 16.7 Å². The van der Waals surface area contributed by atoms with Crippen LogP contribution in [-0.2, 0) is 9.53 Å². The van der Waals surface area contributed by atoms with Gasteiger partial charge in [-0.15, -0.1) is 0 Å². The normalized spacial score (nSPS) is 23.6. The van der Waals surface area contributed by atoms with Crippen LogP contribution in [0.4, 0.5) is 10.1 Å². The molecule has 0 N–H and O–H groups in total. The minimum absolute atomic E-state index is 0.326. The average molecular weight is 453 g/mol. The van der Waals surface area contributed by atoms with Crippen molar-refractivity contribution in [2.24, 2.45) is 5.41 Å². The SMILES string of the molecule is COC(=O)[C@@H]1[C@@H](c2ccc(F)cc2)C2(C(=O)c3ccccc3C2=O)[C@@H]2C=Cc3ccccc3N12. The topological polar surface area (TPSA) is 63.7 Å². The van der Waals surface area contributed by atoms with Crippen molar-refractivity contribution in [3.05, 3.63) is 107 Å². The Morgan fingerprint density at radius 3 is 2.18 bits per heavy atom. The predicted octanol–water partition coefficient (Wildman–Crippen LogP) is 4.43. The summed E-state index contributed by atoms with van der Waals surface area (Å²) < 4.78 is 19.1. The van der Waals surface area contributed by atoms with E-state index in [0.717, 1.165) is 11.3 Å². The first-order valence-electron chi connectivity index (χ1n) is 11.1. The van der Waals surface area contributed by atoms with E-state index in [9.17, 15) is 18.8 Å². The van der Waals surface area contributed by atoms with Crippen molar-refractivity contribution >= 4 is 29.3 Å². The molecule has 6 rings (SSSR count). The van der Waals surface area contributed by atoms with E-state index < -0.39 is 35.2 Å². The zero-order valence-electron chi connectivity index (χ0n) is 18.3. The molecule has 1 saturated heterocycles. The monoisotopic (exact) mass is 453 g/mol. The molecule has 0 amide bonds. The maximum atomic E-state index is 14.2. The minimum Gasteiger partial charge on any atom is -0.467 e. The van der Waals surface area contributed by atoms with Crippen molar-refractivity contribution in [2.45, 2.75) is 18.0 Å². The average Bonchev–Trinajstić information content (AvgIpc) is 3.31. The number of rotatable bonds is 2. The summed E-state index contributed by atoms with van der Waals surface area (Å²) in [6, 6.07) is 18.3. The minimum atomic E-state index is -1.59. The summed E-state index contributed by atoms with van der Waals surface area (Å²) >= 11 is 0. The summed E-state index contributed by atoms with van der Waals surface area (Å²) in [5, 5.41) is 0. The van der Waals surface area contributed by atoms with E-state index in [-0.39, 0.29) is 11.6 Å². The van der Waals surface area contributed by atoms with Gasteiger partial charge in [0.05, 0.1) is 13.2 Å². The number of fused-ring (bicyclic) bond motifs is 5. The van der Waals surface area contributed by atoms with Crippen LogP contribution in [0, 0.1) is 11.2 Å². The highest BCUT2D eigenvalue weighted by molar-refractivity contribution is 6.32. The second-order valence-corrected chi connectivity index (χ2v) is 8.84. The number of ketones is 2. The summed E-state index contributed by atoms with van der Waals surface area (Å²) in [4.78, 5) is 43.6. The molecule has 0 aromatic heterocycles. The smallest absolute Gasteiger partial charge is 0.329 e. The molecule has 3 aromatic carbocycles. The Bertz CT molecular complexity index is 1360. The van der Waals surface area contributed by atoms with E-state index in [1.807, 2.05) is 41.3 Å². The van der Waals surface area contributed by atoms with E-state index in [1.54, 1.807) is 36.4 Å². The fourth-order valence-corrected chi connectivity index (χ4v) is 6.05. The number of esters is 1. The van der Waals surface area contributed by atoms with Gasteiger partial charge >= 0.3 is 5.97 Å². The van der Waals surface area contributed by atoms with Crippen molar-refractivity contribution < 1.29 is 23.5 Å². The van der Waals surface area contributed by atoms with Crippen LogP contribution >= 0.6 is 0 Å². The number of halogens is 1. The molecule has 168 valence electrons. The van der Waals surface area contributed by atoms with Crippen LogP contribution in [0.1, 0.15) is 37.8 Å². The highest BCUT2D eigenvalue weighted by Gasteiger charge is 2.71. The molecule has 3 aromatic rings. The van der Waals surface area contributed by atoms with Gasteiger partial charge < -0.3 is 9.64 Å². The van der Waals surface area contributed by atoms with Gasteiger partial charge in [0, 0.05) is 22.7 Å². The molecule has 2 aliphatic heterocycles. The largest absolute Gasteiger partial charge is 0.467 e. The Labute approximate surface area is 195 Å². The highest BCUT2D eigenvalue weighted by atomic mass is 19.1. The Hall–Kier alpha value is -4.06. The fraction of sp³-hybridized carbons (Fsp3) is 0.179. The van der Waals surface area contributed by atoms with E-state index >= 15 is 0 Å². The van der Waals surface area contributed by atoms with Crippen LogP contribution < -0.4 is 4.90 Å². The van der Waals surface area contributed by atoms with Crippen molar-refractivity contribution in [1.82, 2.24) is 0 Å². The third-order valence-electron chi connectivity index (χ3n) is 7.38. The lowest BCUT2D eigenvalue weighted by Gasteiger charge is -2.36. The van der Waals surface area contributed by atoms with Crippen molar-refractivity contribution in [3.8, 4) is 0 Å². The first-order valence-corrected chi connectivity index (χ1v) is 11.1. The van der Waals surface area contributed by atoms with Gasteiger partial charge in [-0.3, -0.25) is 9.59 Å². The van der Waals surface area contributed by atoms with Crippen LogP contribution in [0.15, 0.2) is 78.9 Å². The fourth-order valence-electron chi connectivity index (χ4n) is 6.05. The molecule has 2 heterocycles. The summed E-state index contributed by atoms with van der Waals surface area (Å²) in [5.74, 6) is -2.53. The van der Waals surface area contributed by atoms with Gasteiger partial charge in [0.1, 0.15) is 17.3 Å². The first kappa shape index (κ1) is 20.5. The number of methoxy groups -OCH3 is 1. The van der Waals surface area contributed by atoms with Crippen LogP contribution in [-0.4, -0.2) is 36.7 Å². The van der Waals surface area contributed by atoms with Gasteiger partial charge in [0.2, 0.25) is 0 Å². The van der Waals surface area contributed by atoms with Crippen LogP contribution in [0.5, 0.6) is 0 Å². The molecule has 34 heavy (non-hydrogen) atoms. The number of nitrogens with zero attached hydrogens (tertiary/aromatic N) is 1. The molecule has 0 bridgehead atoms. The zero-order chi connectivity index (χ0) is 23.6. The second kappa shape index (κ2) is 7.22. The van der Waals surface area contributed by atoms with E-state index in [1.165, 1.54) is 19.2 Å². The zero-order valence-corrected chi connectivity index (χ0v) is 18.3. The maximum Gasteiger partial charge on any atom is 0.329 e. The molecule has 1 aliphatic carbocycles. The van der Waals surface area contributed by atoms with Gasteiger partial charge in [0.15, 0.2) is 11.6 Å². The molecular formula is C28H20FNO4. The number of Topliss-reactive ketones (excluding diaryl/α,β-unsaturated/α-hetero) is 2. The van der Waals surface area contributed by atoms with E-state index in [4.69, 9.17) is 4.74 Å². The number of benzene rings is 3. The number of para-hydroxylation sites is 1. The molecule has 3 aliphatic rings. The Balaban J connectivity index is 1.69. The van der Waals surface area contributed by atoms with Crippen molar-refractivity contribution in [2.75, 3.05) is 12.0 Å². The molecule has 1 fully saturated rings. The quantitative estimate of drug-likeness (QED) is 0.424. The van der Waals surface area contributed by atoms with Crippen LogP contribution in [0.2, 0.25) is 0 Å². The summed E-state index contributed by atoms with van der Waals surface area (Å²) in [5.41, 5.74) is 1.25. The second-order valence-electron chi connectivity index (χ2n) is 8.84. The van der Waals surface area contributed by atoms with Crippen molar-refractivity contribution in [3.63, 3.8) is 0 Å². The predicted molar refractivity (Wildman–Crippen MR) is 124 cm³/mol. The number of ether oxygens (including phenoxy) is 1. The number of carbonyl (C=O) groups is 3. The maximum absolute atomic E-state index is 14.2. The van der Waals surface area contributed by atoms with Gasteiger partial charge in [0.25, 0.3) is 0 Å². The summed E-state index contributed by atoms with van der Waals surface area (Å²) in [6.45, 7) is 0. The van der Waals surface area contributed by atoms with Gasteiger partial charge in [-0.05, 0) is 29.3 Å². The Morgan fingerprint density at radius 1 is 0.912 bits per heavy atom. The summed E-state index contributed by atoms with van der Waals surface area (Å²) in [6.07, 6.45) is 3.73. The van der Waals surface area contributed by atoms with Gasteiger partial charge in [-0.1, -0.05) is 66.7 Å². The lowest BCUT2D eigenvalue weighted by molar-refractivity contribution is -0.142. The molecule has 6 heteroatoms. The van der Waals surface area contributed by atoms with Gasteiger partial charge in [-0.2, -0.15) is 0 Å². The van der Waals surface area contributed by atoms with Crippen LogP contribution in [0.25, 0.3) is 6.08 Å². The number of anilines is 1. The summed E-state index contributed by atoms with van der Waals surface area (Å²) in [7, 11) is 1.29. The number of carbonyl (C=O) groups excluding carboxylic acids is 3. The molecule has 0 radical (unpaired) electrons. The Kier molecular flexibility index (Phi) is 4.36. The molecule has 5 nitrogen and oxygen atoms in total. The number of hydrogen-bond donors (Lipinski definition) is 0. The number of hydrogen-bond acceptors (Lipinski definition) is 5. The molecule has 1 spiro atoms. The highest BCUT2D eigenvalue weighted by Crippen LogP contribution is 2.60. The third-order valence-corrected chi connectivity index (χ3v) is 7.38. The van der Waals surface area contributed by atoms with Crippen LogP contribution in [0.3, 0.4) is 0 Å². The lowest BCUT2D eigenvalue weighted by atomic mass is 9.65. The van der Waals surface area contributed by atoms with Gasteiger partial charge in [-0.25, -0.2) is 9.18 Å². The Morgan fingerprint density at radius 2 is 1.53 bits per heavy atom. The molecule has 3 atom stereocenters.